The average Bonchev–Trinajstić information content (AvgIpc) is 3.38. The van der Waals surface area contributed by atoms with E-state index >= 15 is 0 Å². The zero-order chi connectivity index (χ0) is 19.7. The van der Waals surface area contributed by atoms with E-state index in [2.05, 4.69) is 30.8 Å². The van der Waals surface area contributed by atoms with Crippen LogP contribution in [0.5, 0.6) is 0 Å². The molecule has 0 aliphatic heterocycles. The van der Waals surface area contributed by atoms with Crippen molar-refractivity contribution < 1.29 is 19.8 Å². The smallest absolute Gasteiger partial charge is 0.356 e. The summed E-state index contributed by atoms with van der Waals surface area (Å²) in [7, 11) is 0. The monoisotopic (exact) mass is 376 g/mol. The fraction of sp³-hybridized carbons (Fsp3) is 0. The lowest BCUT2D eigenvalue weighted by Crippen LogP contribution is -1.99. The van der Waals surface area contributed by atoms with Gasteiger partial charge in [-0.25, -0.2) is 9.59 Å². The summed E-state index contributed by atoms with van der Waals surface area (Å²) >= 11 is 0. The normalized spacial score (nSPS) is 10.7. The molecule has 28 heavy (non-hydrogen) atoms. The van der Waals surface area contributed by atoms with Crippen molar-refractivity contribution in [1.29, 1.82) is 0 Å². The quantitative estimate of drug-likeness (QED) is 0.413. The molecule has 0 saturated heterocycles. The summed E-state index contributed by atoms with van der Waals surface area (Å²) in [6, 6.07) is 14.4. The Bertz CT molecular complexity index is 1070. The number of H-pyrrole nitrogens is 2. The van der Waals surface area contributed by atoms with Crippen molar-refractivity contribution in [2.24, 2.45) is 0 Å². The zero-order valence-electron chi connectivity index (χ0n) is 14.1. The fourth-order valence-electron chi connectivity index (χ4n) is 2.80. The molecule has 10 heteroatoms. The van der Waals surface area contributed by atoms with Gasteiger partial charge in [0, 0.05) is 11.1 Å². The van der Waals surface area contributed by atoms with E-state index in [1.165, 1.54) is 0 Å². The largest absolute Gasteiger partial charge is 0.476 e. The molecular weight excluding hydrogens is 364 g/mol. The summed E-state index contributed by atoms with van der Waals surface area (Å²) in [5, 5.41) is 37.8. The molecule has 0 unspecified atom stereocenters. The Morgan fingerprint density at radius 2 is 0.929 bits per heavy atom. The van der Waals surface area contributed by atoms with E-state index in [-0.39, 0.29) is 22.8 Å². The molecule has 0 atom stereocenters. The first-order chi connectivity index (χ1) is 13.5. The van der Waals surface area contributed by atoms with E-state index in [4.69, 9.17) is 10.2 Å². The van der Waals surface area contributed by atoms with Gasteiger partial charge in [0.15, 0.2) is 11.4 Å². The number of aromatic nitrogens is 6. The molecule has 0 aliphatic carbocycles. The molecule has 0 saturated carbocycles. The van der Waals surface area contributed by atoms with Gasteiger partial charge in [-0.2, -0.15) is 0 Å². The number of nitrogens with one attached hydrogen (secondary N) is 2. The minimum Gasteiger partial charge on any atom is -0.476 e. The van der Waals surface area contributed by atoms with E-state index < -0.39 is 11.9 Å². The topological polar surface area (TPSA) is 158 Å². The second kappa shape index (κ2) is 6.76. The first-order valence-electron chi connectivity index (χ1n) is 8.04. The highest BCUT2D eigenvalue weighted by atomic mass is 16.4. The molecule has 4 aromatic rings. The van der Waals surface area contributed by atoms with Crippen LogP contribution in [0.3, 0.4) is 0 Å². The van der Waals surface area contributed by atoms with Crippen molar-refractivity contribution in [2.45, 2.75) is 0 Å². The number of carboxylic acids is 2. The Morgan fingerprint density at radius 1 is 0.607 bits per heavy atom. The molecule has 10 nitrogen and oxygen atoms in total. The number of hydrogen-bond acceptors (Lipinski definition) is 6. The second-order valence-corrected chi connectivity index (χ2v) is 5.84. The molecule has 0 amide bonds. The van der Waals surface area contributed by atoms with Crippen LogP contribution in [-0.2, 0) is 0 Å². The number of aromatic carboxylic acids is 2. The van der Waals surface area contributed by atoms with Crippen molar-refractivity contribution in [1.82, 2.24) is 30.8 Å². The Morgan fingerprint density at radius 3 is 1.25 bits per heavy atom. The van der Waals surface area contributed by atoms with Crippen LogP contribution in [0.4, 0.5) is 0 Å². The van der Waals surface area contributed by atoms with Crippen molar-refractivity contribution >= 4 is 11.9 Å². The summed E-state index contributed by atoms with van der Waals surface area (Å²) < 4.78 is 0. The van der Waals surface area contributed by atoms with Crippen LogP contribution in [0.25, 0.3) is 33.6 Å². The average molecular weight is 376 g/mol. The number of carboxylic acid groups (broad SMARTS) is 2. The fourth-order valence-corrected chi connectivity index (χ4v) is 2.80. The lowest BCUT2D eigenvalue weighted by Gasteiger charge is -2.05. The molecule has 0 fully saturated rings. The van der Waals surface area contributed by atoms with Crippen molar-refractivity contribution in [2.75, 3.05) is 0 Å². The number of benzene rings is 2. The highest BCUT2D eigenvalue weighted by Gasteiger charge is 2.17. The summed E-state index contributed by atoms with van der Waals surface area (Å²) in [5.41, 5.74) is 3.44. The molecule has 2 aromatic carbocycles. The molecular formula is C18H12N6O4. The van der Waals surface area contributed by atoms with Crippen LogP contribution in [0.1, 0.15) is 21.0 Å². The minimum atomic E-state index is -1.13. The summed E-state index contributed by atoms with van der Waals surface area (Å²) in [4.78, 5) is 22.4. The predicted molar refractivity (Wildman–Crippen MR) is 96.6 cm³/mol. The Hall–Kier alpha value is -4.34. The second-order valence-electron chi connectivity index (χ2n) is 5.84. The number of carbonyl (C=O) groups is 2. The predicted octanol–water partition coefficient (Wildman–Crippen LogP) is 2.32. The van der Waals surface area contributed by atoms with Gasteiger partial charge >= 0.3 is 11.9 Å². The molecule has 0 aliphatic rings. The van der Waals surface area contributed by atoms with Gasteiger partial charge in [-0.1, -0.05) is 59.0 Å². The maximum Gasteiger partial charge on any atom is 0.356 e. The van der Waals surface area contributed by atoms with E-state index in [0.29, 0.717) is 11.1 Å². The maximum absolute atomic E-state index is 11.2. The highest BCUT2D eigenvalue weighted by molar-refractivity contribution is 5.93. The van der Waals surface area contributed by atoms with Crippen LogP contribution in [0, 0.1) is 0 Å². The molecule has 2 heterocycles. The molecule has 0 radical (unpaired) electrons. The van der Waals surface area contributed by atoms with Gasteiger partial charge in [0.1, 0.15) is 11.4 Å². The standard InChI is InChI=1S/C18H12N6O4/c25-17(26)15-13(19-23-21-15)11-5-1-9(2-6-11)10-3-7-12(8-4-10)14-16(18(27)28)22-24-20-14/h1-8H,(H,25,26)(H,27,28)(H,19,21,23)(H,20,22,24). The lowest BCUT2D eigenvalue weighted by atomic mass is 10.00. The Kier molecular flexibility index (Phi) is 4.13. The zero-order valence-corrected chi connectivity index (χ0v) is 14.1. The summed E-state index contributed by atoms with van der Waals surface area (Å²) in [6.07, 6.45) is 0. The third-order valence-electron chi connectivity index (χ3n) is 4.17. The molecule has 4 N–H and O–H groups in total. The minimum absolute atomic E-state index is 0.0704. The first kappa shape index (κ1) is 17.1. The molecule has 138 valence electrons. The molecule has 0 bridgehead atoms. The third-order valence-corrected chi connectivity index (χ3v) is 4.17. The van der Waals surface area contributed by atoms with Gasteiger partial charge in [0.2, 0.25) is 0 Å². The molecule has 0 spiro atoms. The molecule has 2 aromatic heterocycles. The van der Waals surface area contributed by atoms with Crippen LogP contribution in [0.2, 0.25) is 0 Å². The van der Waals surface area contributed by atoms with Crippen LogP contribution in [-0.4, -0.2) is 53.0 Å². The highest BCUT2D eigenvalue weighted by Crippen LogP contribution is 2.27. The molecule has 4 rings (SSSR count). The summed E-state index contributed by atoms with van der Waals surface area (Å²) in [6.45, 7) is 0. The van der Waals surface area contributed by atoms with E-state index in [1.54, 1.807) is 24.3 Å². The number of rotatable bonds is 5. The third kappa shape index (κ3) is 2.98. The van der Waals surface area contributed by atoms with Gasteiger partial charge in [-0.15, -0.1) is 10.2 Å². The van der Waals surface area contributed by atoms with Crippen LogP contribution in [0.15, 0.2) is 48.5 Å². The number of nitrogens with zero attached hydrogens (tertiary/aromatic N) is 4. The lowest BCUT2D eigenvalue weighted by molar-refractivity contribution is 0.0680. The van der Waals surface area contributed by atoms with Gasteiger partial charge in [0.05, 0.1) is 0 Å². The summed E-state index contributed by atoms with van der Waals surface area (Å²) in [5.74, 6) is -2.26. The maximum atomic E-state index is 11.2. The Labute approximate surface area is 156 Å². The van der Waals surface area contributed by atoms with Gasteiger partial charge in [-0.3, -0.25) is 10.2 Å². The van der Waals surface area contributed by atoms with Crippen LogP contribution < -0.4 is 0 Å². The first-order valence-corrected chi connectivity index (χ1v) is 8.04. The SMILES string of the molecule is O=C(O)c1[nH]nnc1-c1ccc(-c2ccc(-c3nn[nH]c3C(=O)O)cc2)cc1. The van der Waals surface area contributed by atoms with Crippen LogP contribution >= 0.6 is 0 Å². The van der Waals surface area contributed by atoms with Gasteiger partial charge < -0.3 is 10.2 Å². The van der Waals surface area contributed by atoms with E-state index in [9.17, 15) is 9.59 Å². The number of hydrogen-bond donors (Lipinski definition) is 4. The van der Waals surface area contributed by atoms with E-state index in [1.807, 2.05) is 24.3 Å². The van der Waals surface area contributed by atoms with Gasteiger partial charge in [-0.05, 0) is 11.1 Å². The Balaban J connectivity index is 1.61. The van der Waals surface area contributed by atoms with Gasteiger partial charge in [0.25, 0.3) is 0 Å². The number of aromatic amines is 2. The van der Waals surface area contributed by atoms with Crippen molar-refractivity contribution in [3.63, 3.8) is 0 Å². The van der Waals surface area contributed by atoms with E-state index in [0.717, 1.165) is 11.1 Å². The van der Waals surface area contributed by atoms with Crippen molar-refractivity contribution in [3.05, 3.63) is 59.9 Å². The van der Waals surface area contributed by atoms with Crippen molar-refractivity contribution in [3.8, 4) is 33.6 Å².